The van der Waals surface area contributed by atoms with Gasteiger partial charge in [0.15, 0.2) is 18.1 Å². The molecule has 2 saturated heterocycles. The number of fused-ring (bicyclic) bond motifs is 1. The summed E-state index contributed by atoms with van der Waals surface area (Å²) in [6.07, 6.45) is 6.15. The van der Waals surface area contributed by atoms with Gasteiger partial charge in [-0.25, -0.2) is 4.79 Å². The highest BCUT2D eigenvalue weighted by molar-refractivity contribution is 5.95. The van der Waals surface area contributed by atoms with Gasteiger partial charge >= 0.3 is 5.97 Å². The lowest BCUT2D eigenvalue weighted by molar-refractivity contribution is -0.139. The van der Waals surface area contributed by atoms with E-state index in [2.05, 4.69) is 4.90 Å². The van der Waals surface area contributed by atoms with Crippen LogP contribution in [0.3, 0.4) is 0 Å². The molecule has 27 heavy (non-hydrogen) atoms. The van der Waals surface area contributed by atoms with Crippen LogP contribution in [0.2, 0.25) is 0 Å². The molecular weight excluding hydrogens is 346 g/mol. The lowest BCUT2D eigenvalue weighted by Gasteiger charge is -2.39. The first kappa shape index (κ1) is 18.1. The molecule has 146 valence electrons. The molecule has 1 aromatic rings. The molecule has 5 rings (SSSR count). The largest absolute Gasteiger partial charge is 0.490 e. The van der Waals surface area contributed by atoms with Gasteiger partial charge in [-0.2, -0.15) is 0 Å². The van der Waals surface area contributed by atoms with Crippen molar-refractivity contribution in [1.29, 1.82) is 0 Å². The molecule has 2 unspecified atom stereocenters. The topological polar surface area (TPSA) is 76.1 Å². The van der Waals surface area contributed by atoms with E-state index in [-0.39, 0.29) is 5.91 Å². The number of carbonyl (C=O) groups excluding carboxylic acids is 1. The second-order valence-corrected chi connectivity index (χ2v) is 8.16. The lowest BCUT2D eigenvalue weighted by atomic mass is 9.68. The number of nitrogens with zero attached hydrogens (tertiary/aromatic N) is 1. The predicted molar refractivity (Wildman–Crippen MR) is 99.1 cm³/mol. The van der Waals surface area contributed by atoms with E-state index in [4.69, 9.17) is 14.6 Å². The van der Waals surface area contributed by atoms with Gasteiger partial charge in [-0.05, 0) is 75.0 Å². The molecule has 2 saturated carbocycles. The molecule has 4 fully saturated rings. The molecule has 1 aromatic carbocycles. The summed E-state index contributed by atoms with van der Waals surface area (Å²) in [4.78, 5) is 26.1. The Labute approximate surface area is 159 Å². The van der Waals surface area contributed by atoms with Gasteiger partial charge in [0, 0.05) is 18.2 Å². The fourth-order valence-electron chi connectivity index (χ4n) is 5.37. The number of hydrogen-bond acceptors (Lipinski definition) is 4. The van der Waals surface area contributed by atoms with Gasteiger partial charge in [-0.15, -0.1) is 0 Å². The third-order valence-corrected chi connectivity index (χ3v) is 6.21. The van der Waals surface area contributed by atoms with E-state index in [1.54, 1.807) is 18.2 Å². The van der Waals surface area contributed by atoms with Crippen LogP contribution < -0.4 is 9.47 Å². The molecule has 2 aliphatic heterocycles. The second-order valence-electron chi connectivity index (χ2n) is 8.16. The molecule has 4 aliphatic rings. The summed E-state index contributed by atoms with van der Waals surface area (Å²) in [7, 11) is 0. The minimum Gasteiger partial charge on any atom is -0.490 e. The number of carboxylic acid groups (broad SMARTS) is 1. The third-order valence-electron chi connectivity index (χ3n) is 6.21. The fourth-order valence-corrected chi connectivity index (χ4v) is 5.37. The molecule has 0 aromatic heterocycles. The summed E-state index contributed by atoms with van der Waals surface area (Å²) in [5.41, 5.74) is 0.586. The van der Waals surface area contributed by atoms with Crippen molar-refractivity contribution in [2.24, 2.45) is 17.8 Å². The zero-order valence-corrected chi connectivity index (χ0v) is 15.7. The maximum Gasteiger partial charge on any atom is 0.341 e. The van der Waals surface area contributed by atoms with Gasteiger partial charge in [0.25, 0.3) is 5.91 Å². The number of carboxylic acids is 1. The molecule has 1 amide bonds. The zero-order valence-electron chi connectivity index (χ0n) is 15.7. The molecule has 1 N–H and O–H groups in total. The van der Waals surface area contributed by atoms with Crippen molar-refractivity contribution in [2.75, 3.05) is 19.8 Å². The number of benzene rings is 1. The molecule has 2 aliphatic carbocycles. The Bertz CT molecular complexity index is 719. The van der Waals surface area contributed by atoms with Gasteiger partial charge < -0.3 is 19.5 Å². The minimum atomic E-state index is -1.05. The number of rotatable bonds is 6. The molecule has 6 heteroatoms. The minimum absolute atomic E-state index is 0.0546. The second kappa shape index (κ2) is 7.41. The normalized spacial score (nSPS) is 28.7. The number of carbonyl (C=O) groups is 2. The van der Waals surface area contributed by atoms with Gasteiger partial charge in [0.2, 0.25) is 0 Å². The molecule has 6 nitrogen and oxygen atoms in total. The number of ether oxygens (including phenoxy) is 2. The number of amides is 1. The first-order valence-electron chi connectivity index (χ1n) is 9.95. The van der Waals surface area contributed by atoms with Gasteiger partial charge in [0.1, 0.15) is 0 Å². The maximum atomic E-state index is 13.3. The van der Waals surface area contributed by atoms with E-state index in [0.29, 0.717) is 35.6 Å². The van der Waals surface area contributed by atoms with Crippen LogP contribution in [0.25, 0.3) is 0 Å². The summed E-state index contributed by atoms with van der Waals surface area (Å²) in [5, 5.41) is 8.82. The summed E-state index contributed by atoms with van der Waals surface area (Å²) in [5.74, 6) is 1.99. The van der Waals surface area contributed by atoms with Crippen molar-refractivity contribution in [3.8, 4) is 11.5 Å². The maximum absolute atomic E-state index is 13.3. The Hall–Kier alpha value is -2.24. The first-order chi connectivity index (χ1) is 13.0. The van der Waals surface area contributed by atoms with Crippen LogP contribution in [0.1, 0.15) is 49.4 Å². The Kier molecular flexibility index (Phi) is 4.98. The summed E-state index contributed by atoms with van der Waals surface area (Å²) in [6, 6.07) is 5.41. The van der Waals surface area contributed by atoms with E-state index < -0.39 is 12.6 Å². The zero-order chi connectivity index (χ0) is 19.0. The summed E-state index contributed by atoms with van der Waals surface area (Å²) >= 11 is 0. The summed E-state index contributed by atoms with van der Waals surface area (Å²) in [6.45, 7) is 2.68. The fraction of sp³-hybridized carbons (Fsp3) is 0.619. The van der Waals surface area contributed by atoms with Crippen LogP contribution >= 0.6 is 0 Å². The quantitative estimate of drug-likeness (QED) is 0.829. The van der Waals surface area contributed by atoms with Gasteiger partial charge in [0.05, 0.1) is 6.61 Å². The van der Waals surface area contributed by atoms with Crippen molar-refractivity contribution in [3.05, 3.63) is 23.8 Å². The van der Waals surface area contributed by atoms with E-state index in [1.165, 1.54) is 19.3 Å². The highest BCUT2D eigenvalue weighted by Crippen LogP contribution is 2.47. The lowest BCUT2D eigenvalue weighted by Crippen LogP contribution is -2.42. The van der Waals surface area contributed by atoms with E-state index in [1.807, 2.05) is 6.92 Å². The van der Waals surface area contributed by atoms with Gasteiger partial charge in [-0.1, -0.05) is 0 Å². The van der Waals surface area contributed by atoms with Crippen LogP contribution in [0, 0.1) is 17.8 Å². The van der Waals surface area contributed by atoms with Crippen molar-refractivity contribution in [1.82, 2.24) is 4.90 Å². The molecule has 2 heterocycles. The number of aliphatic carboxylic acids is 1. The van der Waals surface area contributed by atoms with Crippen molar-refractivity contribution >= 4 is 11.9 Å². The highest BCUT2D eigenvalue weighted by atomic mass is 16.5. The van der Waals surface area contributed by atoms with Crippen LogP contribution in [0.15, 0.2) is 18.2 Å². The number of hydrogen-bond donors (Lipinski definition) is 1. The van der Waals surface area contributed by atoms with Crippen molar-refractivity contribution in [3.63, 3.8) is 0 Å². The van der Waals surface area contributed by atoms with Crippen LogP contribution in [0.4, 0.5) is 0 Å². The average molecular weight is 373 g/mol. The van der Waals surface area contributed by atoms with Crippen molar-refractivity contribution in [2.45, 2.75) is 45.1 Å². The molecule has 4 bridgehead atoms. The Morgan fingerprint density at radius 1 is 1.04 bits per heavy atom. The van der Waals surface area contributed by atoms with Crippen LogP contribution in [-0.4, -0.2) is 47.7 Å². The van der Waals surface area contributed by atoms with Crippen molar-refractivity contribution < 1.29 is 24.2 Å². The van der Waals surface area contributed by atoms with E-state index in [0.717, 1.165) is 31.2 Å². The Balaban J connectivity index is 1.56. The molecule has 0 spiro atoms. The van der Waals surface area contributed by atoms with E-state index >= 15 is 0 Å². The summed E-state index contributed by atoms with van der Waals surface area (Å²) < 4.78 is 10.9. The highest BCUT2D eigenvalue weighted by Gasteiger charge is 2.44. The standard InChI is InChI=1S/C21H27NO5/c1-2-26-19-10-16(3-4-18(19)27-12-20(23)24)21(25)22-11-15-6-13-5-14(7-15)9-17(22)8-13/h3-4,10,13-15,17H,2,5-9,11-12H2,1H3,(H,23,24). The van der Waals surface area contributed by atoms with Gasteiger partial charge in [-0.3, -0.25) is 4.79 Å². The third kappa shape index (κ3) is 3.75. The average Bonchev–Trinajstić information content (AvgIpc) is 2.83. The van der Waals surface area contributed by atoms with E-state index in [9.17, 15) is 9.59 Å². The monoisotopic (exact) mass is 373 g/mol. The SMILES string of the molecule is CCOc1cc(C(=O)N2CC3CC4CC(C3)CC2C4)ccc1OCC(=O)O. The molecule has 2 atom stereocenters. The smallest absolute Gasteiger partial charge is 0.341 e. The first-order valence-corrected chi connectivity index (χ1v) is 9.95. The predicted octanol–water partition coefficient (Wildman–Crippen LogP) is 3.20. The molecule has 0 radical (unpaired) electrons. The molecular formula is C21H27NO5. The van der Waals surface area contributed by atoms with Crippen LogP contribution in [0.5, 0.6) is 11.5 Å². The Morgan fingerprint density at radius 2 is 1.74 bits per heavy atom. The Morgan fingerprint density at radius 3 is 2.41 bits per heavy atom. The van der Waals surface area contributed by atoms with Crippen LogP contribution in [-0.2, 0) is 4.79 Å².